The summed E-state index contributed by atoms with van der Waals surface area (Å²) in [6.07, 6.45) is 9.05. The van der Waals surface area contributed by atoms with Crippen molar-refractivity contribution < 1.29 is 4.79 Å². The van der Waals surface area contributed by atoms with E-state index >= 15 is 0 Å². The van der Waals surface area contributed by atoms with Crippen LogP contribution in [0.25, 0.3) is 11.1 Å². The predicted molar refractivity (Wildman–Crippen MR) is 140 cm³/mol. The van der Waals surface area contributed by atoms with E-state index in [9.17, 15) is 4.79 Å². The van der Waals surface area contributed by atoms with Gasteiger partial charge in [-0.2, -0.15) is 5.26 Å². The third-order valence-corrected chi connectivity index (χ3v) is 8.43. The Bertz CT molecular complexity index is 958. The Morgan fingerprint density at radius 3 is 2.03 bits per heavy atom. The predicted octanol–water partition coefficient (Wildman–Crippen LogP) is 6.41. The quantitative estimate of drug-likeness (QED) is 0.301. The van der Waals surface area contributed by atoms with Gasteiger partial charge in [0.15, 0.2) is 0 Å². The van der Waals surface area contributed by atoms with Crippen LogP contribution in [0.5, 0.6) is 0 Å². The summed E-state index contributed by atoms with van der Waals surface area (Å²) in [5.41, 5.74) is 3.83. The van der Waals surface area contributed by atoms with Gasteiger partial charge in [0.25, 0.3) is 0 Å². The van der Waals surface area contributed by atoms with Gasteiger partial charge in [0, 0.05) is 23.5 Å². The number of carbonyl (C=O) groups excluding carboxylic acids is 1. The molecule has 0 radical (unpaired) electrons. The molecule has 2 aromatic rings. The first-order chi connectivity index (χ1) is 16.5. The molecule has 1 atom stereocenters. The van der Waals surface area contributed by atoms with Crippen molar-refractivity contribution in [2.45, 2.75) is 87.6 Å². The van der Waals surface area contributed by atoms with Gasteiger partial charge in [-0.15, -0.1) is 11.8 Å². The highest BCUT2D eigenvalue weighted by atomic mass is 32.2. The summed E-state index contributed by atoms with van der Waals surface area (Å²) in [4.78, 5) is 16.3. The zero-order valence-corrected chi connectivity index (χ0v) is 21.3. The second-order valence-corrected chi connectivity index (χ2v) is 11.5. The molecule has 0 spiro atoms. The molecule has 2 aliphatic carbocycles. The van der Waals surface area contributed by atoms with Crippen molar-refractivity contribution in [1.29, 1.82) is 5.26 Å². The van der Waals surface area contributed by atoms with Crippen LogP contribution in [0.1, 0.15) is 64.4 Å². The normalized spacial score (nSPS) is 17.1. The highest BCUT2D eigenvalue weighted by molar-refractivity contribution is 8.00. The van der Waals surface area contributed by atoms with Crippen LogP contribution in [0.3, 0.4) is 0 Å². The molecule has 5 heteroatoms. The Morgan fingerprint density at radius 2 is 1.56 bits per heavy atom. The molecule has 1 amide bonds. The summed E-state index contributed by atoms with van der Waals surface area (Å²) in [6, 6.07) is 21.2. The van der Waals surface area contributed by atoms with Gasteiger partial charge in [0.1, 0.15) is 6.54 Å². The van der Waals surface area contributed by atoms with Crippen LogP contribution in [0.15, 0.2) is 53.4 Å². The highest BCUT2D eigenvalue weighted by Crippen LogP contribution is 2.35. The van der Waals surface area contributed by atoms with Gasteiger partial charge in [0.05, 0.1) is 11.3 Å². The number of carbonyl (C=O) groups is 1. The van der Waals surface area contributed by atoms with E-state index in [0.29, 0.717) is 5.92 Å². The molecule has 4 rings (SSSR count). The Hall–Kier alpha value is -2.29. The number of hydrogen-bond acceptors (Lipinski definition) is 4. The largest absolute Gasteiger partial charge is 0.342 e. The topological polar surface area (TPSA) is 56.1 Å². The first kappa shape index (κ1) is 24.8. The highest BCUT2D eigenvalue weighted by Gasteiger charge is 2.33. The van der Waals surface area contributed by atoms with Crippen molar-refractivity contribution >= 4 is 17.7 Å². The molecular weight excluding hydrogens is 438 g/mol. The first-order valence-corrected chi connectivity index (χ1v) is 13.7. The second kappa shape index (κ2) is 11.9. The van der Waals surface area contributed by atoms with Gasteiger partial charge >= 0.3 is 0 Å². The molecule has 2 aliphatic rings. The van der Waals surface area contributed by atoms with Gasteiger partial charge in [-0.25, -0.2) is 0 Å². The molecule has 0 heterocycles. The first-order valence-electron chi connectivity index (χ1n) is 12.8. The monoisotopic (exact) mass is 475 g/mol. The smallest absolute Gasteiger partial charge is 0.234 e. The zero-order valence-electron chi connectivity index (χ0n) is 20.5. The van der Waals surface area contributed by atoms with Crippen LogP contribution >= 0.6 is 11.8 Å². The van der Waals surface area contributed by atoms with E-state index in [1.165, 1.54) is 55.2 Å². The van der Waals surface area contributed by atoms with Crippen molar-refractivity contribution in [2.75, 3.05) is 6.54 Å². The number of hydrogen-bond donors (Lipinski definition) is 1. The summed E-state index contributed by atoms with van der Waals surface area (Å²) < 4.78 is 0. The number of nitrogens with zero attached hydrogens (tertiary/aromatic N) is 2. The molecule has 0 bridgehead atoms. The second-order valence-electron chi connectivity index (χ2n) is 10.2. The van der Waals surface area contributed by atoms with Crippen LogP contribution in [-0.2, 0) is 11.3 Å². The number of thioether (sulfide) groups is 1. The lowest BCUT2D eigenvalue weighted by Gasteiger charge is -2.46. The minimum atomic E-state index is -0.187. The lowest BCUT2D eigenvalue weighted by molar-refractivity contribution is -0.120. The lowest BCUT2D eigenvalue weighted by atomic mass is 9.84. The summed E-state index contributed by atoms with van der Waals surface area (Å²) >= 11 is 1.58. The maximum absolute atomic E-state index is 12.5. The maximum Gasteiger partial charge on any atom is 0.234 e. The third-order valence-electron chi connectivity index (χ3n) is 7.19. The summed E-state index contributed by atoms with van der Waals surface area (Å²) in [5, 5.41) is 11.3. The van der Waals surface area contributed by atoms with E-state index < -0.39 is 0 Å². The Balaban J connectivity index is 1.38. The van der Waals surface area contributed by atoms with E-state index in [-0.39, 0.29) is 17.7 Å². The number of nitriles is 1. The molecule has 2 aromatic carbocycles. The fourth-order valence-corrected chi connectivity index (χ4v) is 6.07. The maximum atomic E-state index is 12.5. The van der Waals surface area contributed by atoms with Crippen LogP contribution < -0.4 is 5.32 Å². The molecule has 180 valence electrons. The van der Waals surface area contributed by atoms with Gasteiger partial charge in [-0.05, 0) is 66.8 Å². The minimum Gasteiger partial charge on any atom is -0.342 e. The summed E-state index contributed by atoms with van der Waals surface area (Å²) in [6.45, 7) is 5.38. The summed E-state index contributed by atoms with van der Waals surface area (Å²) in [5.74, 6) is 0.352. The van der Waals surface area contributed by atoms with E-state index in [1.807, 2.05) is 6.07 Å². The van der Waals surface area contributed by atoms with E-state index in [4.69, 9.17) is 5.26 Å². The van der Waals surface area contributed by atoms with Crippen LogP contribution in [0.4, 0.5) is 0 Å². The fraction of sp³-hybridized carbons (Fsp3) is 0.517. The van der Waals surface area contributed by atoms with E-state index in [0.717, 1.165) is 29.9 Å². The molecule has 4 nitrogen and oxygen atoms in total. The molecular formula is C29H37N3OS. The molecule has 34 heavy (non-hydrogen) atoms. The van der Waals surface area contributed by atoms with Gasteiger partial charge in [-0.3, -0.25) is 9.69 Å². The van der Waals surface area contributed by atoms with Gasteiger partial charge in [-0.1, -0.05) is 63.1 Å². The third kappa shape index (κ3) is 6.43. The molecule has 1 unspecified atom stereocenters. The molecule has 1 N–H and O–H groups in total. The molecule has 0 aliphatic heterocycles. The Morgan fingerprint density at radius 1 is 1.00 bits per heavy atom. The molecule has 0 saturated heterocycles. The van der Waals surface area contributed by atoms with E-state index in [1.54, 1.807) is 11.8 Å². The van der Waals surface area contributed by atoms with Gasteiger partial charge in [0.2, 0.25) is 5.91 Å². The minimum absolute atomic E-state index is 0.0575. The molecule has 0 aromatic heterocycles. The van der Waals surface area contributed by atoms with Crippen molar-refractivity contribution in [1.82, 2.24) is 10.2 Å². The van der Waals surface area contributed by atoms with Crippen LogP contribution in [0, 0.1) is 17.2 Å². The van der Waals surface area contributed by atoms with Crippen molar-refractivity contribution in [3.63, 3.8) is 0 Å². The van der Waals surface area contributed by atoms with E-state index in [2.05, 4.69) is 72.6 Å². The average Bonchev–Trinajstić information content (AvgIpc) is 2.75. The van der Waals surface area contributed by atoms with Crippen LogP contribution in [0.2, 0.25) is 0 Å². The zero-order chi connectivity index (χ0) is 23.9. The number of rotatable bonds is 11. The van der Waals surface area contributed by atoms with Crippen molar-refractivity contribution in [3.8, 4) is 17.2 Å². The Kier molecular flexibility index (Phi) is 8.69. The van der Waals surface area contributed by atoms with Crippen LogP contribution in [-0.4, -0.2) is 34.7 Å². The average molecular weight is 476 g/mol. The number of amides is 1. The standard InChI is InChI=1S/C29H37N3OS/c1-21(2)19-28(29(33)31-18-17-30)34-27-15-13-24(14-16-27)23-11-9-22(10-12-23)20-32(25-5-3-6-25)26-7-4-8-26/h9-16,21,25-26,28H,3-8,18-20H2,1-2H3,(H,31,33). The lowest BCUT2D eigenvalue weighted by Crippen LogP contribution is -2.48. The fourth-order valence-electron chi connectivity index (χ4n) is 4.77. The number of nitrogens with one attached hydrogen (secondary N) is 1. The number of benzene rings is 2. The Labute approximate surface area is 209 Å². The SMILES string of the molecule is CC(C)CC(Sc1ccc(-c2ccc(CN(C3CCC3)C3CCC3)cc2)cc1)C(=O)NCC#N. The molecule has 2 fully saturated rings. The summed E-state index contributed by atoms with van der Waals surface area (Å²) in [7, 11) is 0. The van der Waals surface area contributed by atoms with Crippen molar-refractivity contribution in [2.24, 2.45) is 5.92 Å². The molecule has 2 saturated carbocycles. The van der Waals surface area contributed by atoms with Gasteiger partial charge < -0.3 is 5.32 Å². The van der Waals surface area contributed by atoms with Crippen molar-refractivity contribution in [3.05, 3.63) is 54.1 Å².